The average Bonchev–Trinajstić information content (AvgIpc) is 3.24. The Morgan fingerprint density at radius 1 is 1.13 bits per heavy atom. The lowest BCUT2D eigenvalue weighted by Gasteiger charge is -2.11. The van der Waals surface area contributed by atoms with E-state index in [1.54, 1.807) is 48.8 Å². The van der Waals surface area contributed by atoms with Crippen molar-refractivity contribution < 1.29 is 18.3 Å². The van der Waals surface area contributed by atoms with Crippen molar-refractivity contribution in [3.63, 3.8) is 0 Å². The number of hydrogen-bond acceptors (Lipinski definition) is 5. The summed E-state index contributed by atoms with van der Waals surface area (Å²) >= 11 is 0. The van der Waals surface area contributed by atoms with Crippen LogP contribution in [0.2, 0.25) is 0 Å². The molecule has 0 bridgehead atoms. The van der Waals surface area contributed by atoms with E-state index in [0.29, 0.717) is 40.8 Å². The molecule has 0 spiro atoms. The fraction of sp³-hybridized carbons (Fsp3) is 0.125. The maximum Gasteiger partial charge on any atom is 0.224 e. The number of aromatic nitrogens is 2. The highest BCUT2D eigenvalue weighted by Gasteiger charge is 2.12. The van der Waals surface area contributed by atoms with Crippen molar-refractivity contribution in [1.29, 1.82) is 0 Å². The number of ether oxygens (including phenoxy) is 1. The van der Waals surface area contributed by atoms with Gasteiger partial charge < -0.3 is 14.5 Å². The Morgan fingerprint density at radius 2 is 2.00 bits per heavy atom. The van der Waals surface area contributed by atoms with Crippen molar-refractivity contribution >= 4 is 11.6 Å². The van der Waals surface area contributed by atoms with Crippen molar-refractivity contribution in [2.24, 2.45) is 0 Å². The molecular weight excluding hydrogens is 397 g/mol. The number of hydrogen-bond donors (Lipinski definition) is 1. The largest absolute Gasteiger partial charge is 0.455 e. The van der Waals surface area contributed by atoms with Crippen molar-refractivity contribution in [3.05, 3.63) is 90.5 Å². The molecule has 0 atom stereocenters. The number of nitrogens with one attached hydrogen (secondary N) is 1. The third-order valence-corrected chi connectivity index (χ3v) is 4.58. The van der Waals surface area contributed by atoms with Gasteiger partial charge in [-0.05, 0) is 55.0 Å². The van der Waals surface area contributed by atoms with Gasteiger partial charge in [0.2, 0.25) is 5.91 Å². The van der Waals surface area contributed by atoms with Crippen LogP contribution in [0.15, 0.2) is 77.6 Å². The first-order valence-corrected chi connectivity index (χ1v) is 9.76. The fourth-order valence-electron chi connectivity index (χ4n) is 3.03. The first-order valence-electron chi connectivity index (χ1n) is 9.76. The quantitative estimate of drug-likeness (QED) is 0.427. The van der Waals surface area contributed by atoms with Crippen LogP contribution in [0.1, 0.15) is 17.9 Å². The zero-order valence-electron chi connectivity index (χ0n) is 16.8. The molecule has 0 aliphatic rings. The zero-order chi connectivity index (χ0) is 21.6. The normalized spacial score (nSPS) is 10.6. The number of aryl methyl sites for hydroxylation is 2. The van der Waals surface area contributed by atoms with Crippen molar-refractivity contribution in [2.45, 2.75) is 19.8 Å². The minimum Gasteiger partial charge on any atom is -0.455 e. The first kappa shape index (κ1) is 20.3. The molecular formula is C24H20FN3O3. The minimum absolute atomic E-state index is 0.175. The molecule has 2 aromatic carbocycles. The van der Waals surface area contributed by atoms with Gasteiger partial charge in [-0.15, -0.1) is 0 Å². The lowest BCUT2D eigenvalue weighted by molar-refractivity contribution is -0.116. The number of benzene rings is 2. The van der Waals surface area contributed by atoms with Gasteiger partial charge in [0.1, 0.15) is 17.3 Å². The molecule has 4 rings (SSSR count). The topological polar surface area (TPSA) is 77.2 Å². The van der Waals surface area contributed by atoms with Gasteiger partial charge in [0, 0.05) is 24.7 Å². The van der Waals surface area contributed by atoms with Crippen LogP contribution in [-0.2, 0) is 11.2 Å². The van der Waals surface area contributed by atoms with Gasteiger partial charge >= 0.3 is 0 Å². The third-order valence-electron chi connectivity index (χ3n) is 4.58. The van der Waals surface area contributed by atoms with E-state index in [-0.39, 0.29) is 18.1 Å². The number of pyridine rings is 1. The van der Waals surface area contributed by atoms with Crippen LogP contribution in [-0.4, -0.2) is 15.9 Å². The lowest BCUT2D eigenvalue weighted by Crippen LogP contribution is -2.12. The molecule has 0 saturated heterocycles. The molecule has 7 heteroatoms. The van der Waals surface area contributed by atoms with E-state index in [2.05, 4.69) is 15.3 Å². The molecule has 0 saturated carbocycles. The first-order chi connectivity index (χ1) is 15.1. The minimum atomic E-state index is -0.380. The molecule has 0 radical (unpaired) electrons. The number of anilines is 1. The highest BCUT2D eigenvalue weighted by atomic mass is 19.1. The smallest absolute Gasteiger partial charge is 0.224 e. The molecule has 6 nitrogen and oxygen atoms in total. The molecule has 2 heterocycles. The SMILES string of the molecule is Cc1cc(NC(=O)CCc2ncc(-c3ccccc3F)o2)ccc1Oc1cccnc1. The third kappa shape index (κ3) is 5.14. The Bertz CT molecular complexity index is 1190. The predicted molar refractivity (Wildman–Crippen MR) is 114 cm³/mol. The van der Waals surface area contributed by atoms with E-state index in [1.807, 2.05) is 19.1 Å². The Balaban J connectivity index is 1.33. The van der Waals surface area contributed by atoms with Crippen LogP contribution >= 0.6 is 0 Å². The maximum atomic E-state index is 13.9. The standard InChI is InChI=1S/C24H20FN3O3/c1-16-13-17(8-9-21(16)30-18-5-4-12-26-14-18)28-23(29)10-11-24-27-15-22(31-24)19-6-2-3-7-20(19)25/h2-9,12-15H,10-11H2,1H3,(H,28,29). The Morgan fingerprint density at radius 3 is 2.77 bits per heavy atom. The highest BCUT2D eigenvalue weighted by molar-refractivity contribution is 5.91. The van der Waals surface area contributed by atoms with E-state index in [1.165, 1.54) is 12.3 Å². The molecule has 1 N–H and O–H groups in total. The summed E-state index contributed by atoms with van der Waals surface area (Å²) in [4.78, 5) is 20.5. The summed E-state index contributed by atoms with van der Waals surface area (Å²) in [7, 11) is 0. The average molecular weight is 417 g/mol. The monoisotopic (exact) mass is 417 g/mol. The van der Waals surface area contributed by atoms with E-state index in [0.717, 1.165) is 5.56 Å². The summed E-state index contributed by atoms with van der Waals surface area (Å²) in [6.07, 6.45) is 5.27. The van der Waals surface area contributed by atoms with Gasteiger partial charge in [0.15, 0.2) is 11.7 Å². The Labute approximate surface area is 178 Å². The van der Waals surface area contributed by atoms with Gasteiger partial charge in [-0.3, -0.25) is 9.78 Å². The summed E-state index contributed by atoms with van der Waals surface area (Å²) in [5.41, 5.74) is 1.89. The molecule has 0 aliphatic heterocycles. The number of carbonyl (C=O) groups excluding carboxylic acids is 1. The van der Waals surface area contributed by atoms with Gasteiger partial charge in [-0.1, -0.05) is 12.1 Å². The van der Waals surface area contributed by atoms with Crippen LogP contribution in [0.3, 0.4) is 0 Å². The van der Waals surface area contributed by atoms with Gasteiger partial charge in [0.25, 0.3) is 0 Å². The fourth-order valence-corrected chi connectivity index (χ4v) is 3.03. The summed E-state index contributed by atoms with van der Waals surface area (Å²) in [5, 5.41) is 2.86. The Kier molecular flexibility index (Phi) is 6.03. The van der Waals surface area contributed by atoms with Gasteiger partial charge in [0.05, 0.1) is 18.0 Å². The van der Waals surface area contributed by atoms with Crippen molar-refractivity contribution in [3.8, 4) is 22.8 Å². The van der Waals surface area contributed by atoms with Gasteiger partial charge in [-0.25, -0.2) is 9.37 Å². The second kappa shape index (κ2) is 9.21. The predicted octanol–water partition coefficient (Wildman–Crippen LogP) is 5.55. The van der Waals surface area contributed by atoms with Crippen molar-refractivity contribution in [1.82, 2.24) is 9.97 Å². The zero-order valence-corrected chi connectivity index (χ0v) is 16.8. The van der Waals surface area contributed by atoms with E-state index in [4.69, 9.17) is 9.15 Å². The van der Waals surface area contributed by atoms with Gasteiger partial charge in [-0.2, -0.15) is 0 Å². The number of halogens is 1. The number of carbonyl (C=O) groups is 1. The molecule has 2 aromatic heterocycles. The van der Waals surface area contributed by atoms with Crippen molar-refractivity contribution in [2.75, 3.05) is 5.32 Å². The maximum absolute atomic E-state index is 13.9. The summed E-state index contributed by atoms with van der Waals surface area (Å²) in [6.45, 7) is 1.90. The second-order valence-corrected chi connectivity index (χ2v) is 6.92. The molecule has 0 aliphatic carbocycles. The van der Waals surface area contributed by atoms with Crippen LogP contribution in [0.5, 0.6) is 11.5 Å². The van der Waals surface area contributed by atoms with Crippen LogP contribution in [0.4, 0.5) is 10.1 Å². The number of oxazole rings is 1. The molecule has 0 fully saturated rings. The molecule has 156 valence electrons. The van der Waals surface area contributed by atoms with Crippen LogP contribution in [0.25, 0.3) is 11.3 Å². The molecule has 1 amide bonds. The number of nitrogens with zero attached hydrogens (tertiary/aromatic N) is 2. The molecule has 31 heavy (non-hydrogen) atoms. The number of rotatable bonds is 7. The van der Waals surface area contributed by atoms with E-state index in [9.17, 15) is 9.18 Å². The second-order valence-electron chi connectivity index (χ2n) is 6.92. The van der Waals surface area contributed by atoms with Crippen LogP contribution in [0, 0.1) is 12.7 Å². The summed E-state index contributed by atoms with van der Waals surface area (Å²) in [6, 6.07) is 15.4. The summed E-state index contributed by atoms with van der Waals surface area (Å²) in [5.74, 6) is 1.49. The number of amides is 1. The molecule has 0 unspecified atom stereocenters. The van der Waals surface area contributed by atoms with Crippen LogP contribution < -0.4 is 10.1 Å². The van der Waals surface area contributed by atoms with E-state index >= 15 is 0 Å². The lowest BCUT2D eigenvalue weighted by atomic mass is 10.2. The van der Waals surface area contributed by atoms with E-state index < -0.39 is 0 Å². The Hall–Kier alpha value is -4.00. The molecule has 4 aromatic rings. The summed E-state index contributed by atoms with van der Waals surface area (Å²) < 4.78 is 25.2. The highest BCUT2D eigenvalue weighted by Crippen LogP contribution is 2.27.